The molecule has 0 aliphatic carbocycles. The second-order valence-electron chi connectivity index (χ2n) is 3.95. The highest BCUT2D eigenvalue weighted by Crippen LogP contribution is 2.22. The molecule has 0 fully saturated rings. The predicted octanol–water partition coefficient (Wildman–Crippen LogP) is 2.02. The third kappa shape index (κ3) is 2.94. The van der Waals surface area contributed by atoms with Gasteiger partial charge in [-0.3, -0.25) is 4.79 Å². The largest absolute Gasteiger partial charge is 0.507 e. The van der Waals surface area contributed by atoms with Crippen LogP contribution in [0, 0.1) is 11.8 Å². The molecule has 0 atom stereocenters. The normalized spacial score (nSPS) is 10.2. The first-order valence-corrected chi connectivity index (χ1v) is 5.58. The number of anilines is 1. The number of nitrogens with zero attached hydrogens (tertiary/aromatic N) is 1. The van der Waals surface area contributed by atoms with Gasteiger partial charge in [-0.15, -0.1) is 0 Å². The minimum atomic E-state index is -1.41. The summed E-state index contributed by atoms with van der Waals surface area (Å²) in [6, 6.07) is 4.24. The molecule has 1 heterocycles. The zero-order chi connectivity index (χ0) is 15.6. The van der Waals surface area contributed by atoms with E-state index in [0.29, 0.717) is 0 Å². The zero-order valence-electron chi connectivity index (χ0n) is 10.3. The maximum absolute atomic E-state index is 13.4. The van der Waals surface area contributed by atoms with Gasteiger partial charge in [0, 0.05) is 18.0 Å². The van der Waals surface area contributed by atoms with E-state index < -0.39 is 35.0 Å². The monoisotopic (exact) mass is 294 g/mol. The van der Waals surface area contributed by atoms with Gasteiger partial charge in [0.1, 0.15) is 11.3 Å². The van der Waals surface area contributed by atoms with Gasteiger partial charge in [-0.2, -0.15) is 4.39 Å². The van der Waals surface area contributed by atoms with E-state index in [-0.39, 0.29) is 11.3 Å². The van der Waals surface area contributed by atoms with Crippen LogP contribution in [0.3, 0.4) is 0 Å². The maximum Gasteiger partial charge on any atom is 0.339 e. The molecule has 108 valence electrons. The van der Waals surface area contributed by atoms with Crippen molar-refractivity contribution in [1.82, 2.24) is 4.98 Å². The first kappa shape index (κ1) is 14.4. The van der Waals surface area contributed by atoms with Crippen LogP contribution in [0.4, 0.5) is 14.5 Å². The molecular formula is C13H8F2N2O4. The Labute approximate surface area is 116 Å². The topological polar surface area (TPSA) is 99.5 Å². The zero-order valence-corrected chi connectivity index (χ0v) is 10.3. The highest BCUT2D eigenvalue weighted by atomic mass is 19.2. The molecule has 6 nitrogen and oxygen atoms in total. The Morgan fingerprint density at radius 1 is 1.14 bits per heavy atom. The molecule has 0 aliphatic rings. The molecule has 0 saturated carbocycles. The van der Waals surface area contributed by atoms with Gasteiger partial charge in [-0.1, -0.05) is 0 Å². The quantitative estimate of drug-likeness (QED) is 0.752. The third-order valence-electron chi connectivity index (χ3n) is 2.58. The van der Waals surface area contributed by atoms with Crippen LogP contribution in [-0.2, 0) is 0 Å². The molecule has 8 heteroatoms. The average Bonchev–Trinajstić information content (AvgIpc) is 2.41. The molecule has 0 saturated heterocycles. The summed E-state index contributed by atoms with van der Waals surface area (Å²) in [6.07, 6.45) is 0.929. The van der Waals surface area contributed by atoms with E-state index >= 15 is 0 Å². The molecule has 1 aromatic carbocycles. The van der Waals surface area contributed by atoms with Gasteiger partial charge in [0.15, 0.2) is 5.82 Å². The van der Waals surface area contributed by atoms with Gasteiger partial charge in [0.2, 0.25) is 5.95 Å². The number of hydrogen-bond donors (Lipinski definition) is 3. The van der Waals surface area contributed by atoms with Crippen molar-refractivity contribution in [2.24, 2.45) is 0 Å². The number of carbonyl (C=O) groups is 2. The van der Waals surface area contributed by atoms with Crippen molar-refractivity contribution in [3.8, 4) is 5.75 Å². The summed E-state index contributed by atoms with van der Waals surface area (Å²) < 4.78 is 26.3. The molecule has 0 spiro atoms. The molecule has 0 bridgehead atoms. The standard InChI is InChI=1S/C13H8F2N2O4/c14-10-8(3-4-16-11(10)15)12(19)17-6-1-2-7(13(20)21)9(18)5-6/h1-5,18H,(H,17,19)(H,20,21). The fourth-order valence-corrected chi connectivity index (χ4v) is 1.58. The van der Waals surface area contributed by atoms with Crippen LogP contribution in [0.1, 0.15) is 20.7 Å². The van der Waals surface area contributed by atoms with Crippen LogP contribution in [0.5, 0.6) is 5.75 Å². The highest BCUT2D eigenvalue weighted by Gasteiger charge is 2.17. The van der Waals surface area contributed by atoms with Crippen LogP contribution in [0.2, 0.25) is 0 Å². The molecule has 0 radical (unpaired) electrons. The number of hydrogen-bond acceptors (Lipinski definition) is 4. The number of halogens is 2. The number of pyridine rings is 1. The van der Waals surface area contributed by atoms with E-state index in [0.717, 1.165) is 24.4 Å². The molecule has 2 rings (SSSR count). The van der Waals surface area contributed by atoms with Crippen molar-refractivity contribution in [2.45, 2.75) is 0 Å². The van der Waals surface area contributed by atoms with Crippen molar-refractivity contribution in [3.63, 3.8) is 0 Å². The number of carboxylic acids is 1. The van der Waals surface area contributed by atoms with E-state index in [9.17, 15) is 23.5 Å². The van der Waals surface area contributed by atoms with E-state index in [1.807, 2.05) is 0 Å². The molecule has 0 aliphatic heterocycles. The number of rotatable bonds is 3. The van der Waals surface area contributed by atoms with Crippen molar-refractivity contribution in [2.75, 3.05) is 5.32 Å². The number of aromatic hydroxyl groups is 1. The average molecular weight is 294 g/mol. The fraction of sp³-hybridized carbons (Fsp3) is 0. The minimum Gasteiger partial charge on any atom is -0.507 e. The summed E-state index contributed by atoms with van der Waals surface area (Å²) in [4.78, 5) is 25.5. The van der Waals surface area contributed by atoms with Gasteiger partial charge < -0.3 is 15.5 Å². The van der Waals surface area contributed by atoms with Gasteiger partial charge in [-0.25, -0.2) is 14.2 Å². The summed E-state index contributed by atoms with van der Waals surface area (Å²) in [5.74, 6) is -5.68. The smallest absolute Gasteiger partial charge is 0.339 e. The molecule has 1 amide bonds. The van der Waals surface area contributed by atoms with Crippen molar-refractivity contribution >= 4 is 17.6 Å². The third-order valence-corrected chi connectivity index (χ3v) is 2.58. The lowest BCUT2D eigenvalue weighted by molar-refractivity contribution is 0.0693. The summed E-state index contributed by atoms with van der Waals surface area (Å²) in [5, 5.41) is 20.4. The second-order valence-corrected chi connectivity index (χ2v) is 3.95. The molecular weight excluding hydrogens is 286 g/mol. The van der Waals surface area contributed by atoms with Crippen molar-refractivity contribution in [3.05, 3.63) is 53.4 Å². The molecule has 21 heavy (non-hydrogen) atoms. The summed E-state index contributed by atoms with van der Waals surface area (Å²) in [7, 11) is 0. The number of phenols is 1. The lowest BCUT2D eigenvalue weighted by atomic mass is 10.1. The van der Waals surface area contributed by atoms with Crippen LogP contribution in [0.15, 0.2) is 30.5 Å². The number of carboxylic acid groups (broad SMARTS) is 1. The lowest BCUT2D eigenvalue weighted by Crippen LogP contribution is -2.15. The molecule has 0 unspecified atom stereocenters. The Kier molecular flexibility index (Phi) is 3.79. The first-order valence-electron chi connectivity index (χ1n) is 5.58. The molecule has 1 aromatic heterocycles. The molecule has 2 aromatic rings. The van der Waals surface area contributed by atoms with E-state index in [1.165, 1.54) is 6.07 Å². The Morgan fingerprint density at radius 2 is 1.86 bits per heavy atom. The Morgan fingerprint density at radius 3 is 2.48 bits per heavy atom. The number of aromatic nitrogens is 1. The first-order chi connectivity index (χ1) is 9.90. The fourth-order valence-electron chi connectivity index (χ4n) is 1.58. The van der Waals surface area contributed by atoms with Gasteiger partial charge >= 0.3 is 5.97 Å². The highest BCUT2D eigenvalue weighted by molar-refractivity contribution is 6.04. The van der Waals surface area contributed by atoms with Gasteiger partial charge in [-0.05, 0) is 18.2 Å². The summed E-state index contributed by atoms with van der Waals surface area (Å²) in [6.45, 7) is 0. The predicted molar refractivity (Wildman–Crippen MR) is 67.2 cm³/mol. The Balaban J connectivity index is 2.26. The Hall–Kier alpha value is -3.03. The van der Waals surface area contributed by atoms with E-state index in [4.69, 9.17) is 5.11 Å². The number of amides is 1. The van der Waals surface area contributed by atoms with Crippen molar-refractivity contribution < 1.29 is 28.6 Å². The van der Waals surface area contributed by atoms with E-state index in [1.54, 1.807) is 0 Å². The number of benzene rings is 1. The second kappa shape index (κ2) is 5.53. The maximum atomic E-state index is 13.4. The SMILES string of the molecule is O=C(O)c1ccc(NC(=O)c2ccnc(F)c2F)cc1O. The van der Waals surface area contributed by atoms with Gasteiger partial charge in [0.05, 0.1) is 5.56 Å². The van der Waals surface area contributed by atoms with Crippen LogP contribution in [0.25, 0.3) is 0 Å². The summed E-state index contributed by atoms with van der Waals surface area (Å²) in [5.41, 5.74) is -0.891. The van der Waals surface area contributed by atoms with Crippen molar-refractivity contribution in [1.29, 1.82) is 0 Å². The van der Waals surface area contributed by atoms with Crippen LogP contribution in [-0.4, -0.2) is 27.1 Å². The van der Waals surface area contributed by atoms with Crippen LogP contribution < -0.4 is 5.32 Å². The summed E-state index contributed by atoms with van der Waals surface area (Å²) >= 11 is 0. The van der Waals surface area contributed by atoms with Gasteiger partial charge in [0.25, 0.3) is 5.91 Å². The minimum absolute atomic E-state index is 0.0270. The van der Waals surface area contributed by atoms with Crippen LogP contribution >= 0.6 is 0 Å². The number of carbonyl (C=O) groups excluding carboxylic acids is 1. The number of aromatic carboxylic acids is 1. The van der Waals surface area contributed by atoms with E-state index in [2.05, 4.69) is 10.3 Å². The Bertz CT molecular complexity index is 734. The molecule has 3 N–H and O–H groups in total. The number of nitrogens with one attached hydrogen (secondary N) is 1. The lowest BCUT2D eigenvalue weighted by Gasteiger charge is -2.07.